The van der Waals surface area contributed by atoms with E-state index < -0.39 is 63.8 Å². The number of aromatic nitrogens is 1. The Kier molecular flexibility index (Phi) is 6.64. The molecule has 4 atom stereocenters. The average Bonchev–Trinajstić information content (AvgIpc) is 2.90. The zero-order valence-corrected chi connectivity index (χ0v) is 23.0. The Morgan fingerprint density at radius 1 is 1.15 bits per heavy atom. The van der Waals surface area contributed by atoms with Gasteiger partial charge >= 0.3 is 0 Å². The lowest BCUT2D eigenvalue weighted by Crippen LogP contribution is -2.63. The number of hydrogen-bond acceptors (Lipinski definition) is 10. The molecule has 212 valence electrons. The maximum Gasteiger partial charge on any atom is 0.255 e. The van der Waals surface area contributed by atoms with E-state index in [0.717, 1.165) is 0 Å². The van der Waals surface area contributed by atoms with E-state index in [1.54, 1.807) is 63.7 Å². The molecular weight excluding hydrogens is 528 g/mol. The van der Waals surface area contributed by atoms with Crippen molar-refractivity contribution in [3.63, 3.8) is 0 Å². The number of carbonyl (C=O) groups is 3. The number of pyridine rings is 1. The van der Waals surface area contributed by atoms with Gasteiger partial charge in [-0.2, -0.15) is 0 Å². The third kappa shape index (κ3) is 4.06. The fourth-order valence-corrected chi connectivity index (χ4v) is 6.37. The number of amides is 1. The number of phenols is 1. The number of carbonyl (C=O) groups excluding carboxylic acids is 3. The number of aliphatic hydroxyl groups excluding tert-OH is 2. The van der Waals surface area contributed by atoms with Crippen LogP contribution in [0.1, 0.15) is 33.5 Å². The largest absolute Gasteiger partial charge is 0.510 e. The molecule has 1 heterocycles. The van der Waals surface area contributed by atoms with Crippen molar-refractivity contribution in [1.82, 2.24) is 9.88 Å². The molecule has 1 aromatic carbocycles. The number of aliphatic hydroxyl groups is 3. The molecule has 1 amide bonds. The first-order valence-electron chi connectivity index (χ1n) is 12.9. The first kappa shape index (κ1) is 27.9. The van der Waals surface area contributed by atoms with Crippen molar-refractivity contribution in [2.75, 3.05) is 33.1 Å². The molecule has 5 rings (SSSR count). The summed E-state index contributed by atoms with van der Waals surface area (Å²) in [6.07, 6.45) is 3.36. The summed E-state index contributed by atoms with van der Waals surface area (Å²) in [5.74, 6) is -1.16. The maximum absolute atomic E-state index is 14.1. The van der Waals surface area contributed by atoms with Crippen molar-refractivity contribution >= 4 is 23.2 Å². The Labute approximate surface area is 236 Å². The minimum Gasteiger partial charge on any atom is -0.510 e. The number of nitrogens with two attached hydrogens (primary N) is 1. The molecule has 3 aliphatic rings. The lowest BCUT2D eigenvalue weighted by atomic mass is 9.58. The van der Waals surface area contributed by atoms with Gasteiger partial charge in [0.1, 0.15) is 22.8 Å². The van der Waals surface area contributed by atoms with Gasteiger partial charge in [0.05, 0.1) is 17.2 Å². The van der Waals surface area contributed by atoms with Crippen molar-refractivity contribution in [3.8, 4) is 17.6 Å². The molecular formula is C30H30N4O7. The molecule has 0 spiro atoms. The molecule has 0 unspecified atom stereocenters. The van der Waals surface area contributed by atoms with E-state index in [4.69, 9.17) is 5.73 Å². The second kappa shape index (κ2) is 9.76. The number of nitrogens with zero attached hydrogens (tertiary/aromatic N) is 3. The first-order valence-corrected chi connectivity index (χ1v) is 12.9. The van der Waals surface area contributed by atoms with E-state index in [1.807, 2.05) is 0 Å². The number of allylic oxidation sites excluding steroid dienone is 1. The van der Waals surface area contributed by atoms with Gasteiger partial charge < -0.3 is 31.1 Å². The zero-order chi connectivity index (χ0) is 30.0. The predicted molar refractivity (Wildman–Crippen MR) is 148 cm³/mol. The van der Waals surface area contributed by atoms with Gasteiger partial charge in [-0.05, 0) is 56.6 Å². The minimum absolute atomic E-state index is 0.0158. The quantitative estimate of drug-likeness (QED) is 0.269. The van der Waals surface area contributed by atoms with Crippen LogP contribution in [0.3, 0.4) is 0 Å². The lowest BCUT2D eigenvalue weighted by molar-refractivity contribution is -0.148. The molecule has 0 fully saturated rings. The SMILES string of the molecule is CN(C)c1cc(C#Cc2cccnc2)c(O)c2c1C[C@@H]1C[C@@H]3[C@@H](N(C)C)C(O)=C(C(N)=O)C(=O)[C@]3(O)C(O)=C1C2=O. The Balaban J connectivity index is 1.72. The number of primary amides is 1. The number of benzene rings is 1. The third-order valence-corrected chi connectivity index (χ3v) is 8.18. The van der Waals surface area contributed by atoms with Crippen molar-refractivity contribution in [2.24, 2.45) is 17.6 Å². The molecule has 0 saturated carbocycles. The molecule has 6 N–H and O–H groups in total. The van der Waals surface area contributed by atoms with Gasteiger partial charge in [-0.25, -0.2) is 0 Å². The van der Waals surface area contributed by atoms with E-state index in [2.05, 4.69) is 16.8 Å². The minimum atomic E-state index is -2.69. The fourth-order valence-electron chi connectivity index (χ4n) is 6.37. The van der Waals surface area contributed by atoms with Crippen LogP contribution in [0.4, 0.5) is 5.69 Å². The van der Waals surface area contributed by atoms with Crippen LogP contribution in [0, 0.1) is 23.7 Å². The normalized spacial score (nSPS) is 25.3. The van der Waals surface area contributed by atoms with Gasteiger partial charge in [0, 0.05) is 49.2 Å². The first-order chi connectivity index (χ1) is 19.3. The standard InChI is InChI=1S/C30H30N4O7/c1-33(2)19-12-15(8-7-14-6-5-9-32-13-14)24(35)21-17(19)10-16-11-18-23(34(3)4)26(37)22(29(31)40)28(39)30(18,41)27(38)20(16)25(21)36/h5-6,9,12-13,16,18,23,35,37-38,41H,10-11H2,1-4H3,(H2,31,40)/t16-,18-,23-,30-/m1/s1. The number of ketones is 2. The Hall–Kier alpha value is -4.66. The summed E-state index contributed by atoms with van der Waals surface area (Å²) in [7, 11) is 6.75. The number of Topliss-reactive ketones (excluding diaryl/α,β-unsaturated/α-hetero) is 2. The van der Waals surface area contributed by atoms with Gasteiger partial charge in [0.2, 0.25) is 5.78 Å². The molecule has 11 nitrogen and oxygen atoms in total. The Morgan fingerprint density at radius 3 is 2.44 bits per heavy atom. The zero-order valence-electron chi connectivity index (χ0n) is 23.0. The topological polar surface area (TPSA) is 178 Å². The van der Waals surface area contributed by atoms with Crippen molar-refractivity contribution in [3.05, 3.63) is 75.5 Å². The van der Waals surface area contributed by atoms with Crippen LogP contribution >= 0.6 is 0 Å². The van der Waals surface area contributed by atoms with Crippen LogP contribution in [0.15, 0.2) is 53.3 Å². The molecule has 0 aliphatic heterocycles. The Bertz CT molecular complexity index is 1630. The molecule has 2 aromatic rings. The van der Waals surface area contributed by atoms with Gasteiger partial charge in [0.15, 0.2) is 11.4 Å². The van der Waals surface area contributed by atoms with E-state index in [0.29, 0.717) is 16.8 Å². The van der Waals surface area contributed by atoms with Crippen LogP contribution in [0.5, 0.6) is 5.75 Å². The van der Waals surface area contributed by atoms with Crippen LogP contribution in [0.25, 0.3) is 0 Å². The van der Waals surface area contributed by atoms with Crippen LogP contribution in [-0.4, -0.2) is 87.6 Å². The van der Waals surface area contributed by atoms with Crippen LogP contribution < -0.4 is 10.6 Å². The van der Waals surface area contributed by atoms with Crippen LogP contribution in [-0.2, 0) is 16.0 Å². The van der Waals surface area contributed by atoms with Crippen molar-refractivity contribution < 1.29 is 34.8 Å². The van der Waals surface area contributed by atoms with Gasteiger partial charge in [-0.1, -0.05) is 11.8 Å². The number of fused-ring (bicyclic) bond motifs is 3. The maximum atomic E-state index is 14.1. The molecule has 0 saturated heterocycles. The number of phenolic OH excluding ortho intramolecular Hbond substituents is 1. The smallest absolute Gasteiger partial charge is 0.255 e. The number of likely N-dealkylation sites (N-methyl/N-ethyl adjacent to an activating group) is 1. The van der Waals surface area contributed by atoms with E-state index >= 15 is 0 Å². The highest BCUT2D eigenvalue weighted by molar-refractivity contribution is 6.25. The molecule has 0 bridgehead atoms. The molecule has 3 aliphatic carbocycles. The number of anilines is 1. The van der Waals surface area contributed by atoms with E-state index in [9.17, 15) is 34.8 Å². The Morgan fingerprint density at radius 2 is 1.85 bits per heavy atom. The van der Waals surface area contributed by atoms with E-state index in [-0.39, 0.29) is 29.5 Å². The summed E-state index contributed by atoms with van der Waals surface area (Å²) >= 11 is 0. The molecule has 1 aromatic heterocycles. The van der Waals surface area contributed by atoms with Gasteiger partial charge in [0.25, 0.3) is 5.91 Å². The molecule has 0 radical (unpaired) electrons. The highest BCUT2D eigenvalue weighted by atomic mass is 16.3. The second-order valence-electron chi connectivity index (χ2n) is 11.0. The molecule has 41 heavy (non-hydrogen) atoms. The number of hydrogen-bond donors (Lipinski definition) is 5. The highest BCUT2D eigenvalue weighted by Gasteiger charge is 2.63. The monoisotopic (exact) mass is 558 g/mol. The predicted octanol–water partition coefficient (Wildman–Crippen LogP) is 0.981. The molecule has 11 heteroatoms. The third-order valence-electron chi connectivity index (χ3n) is 8.18. The summed E-state index contributed by atoms with van der Waals surface area (Å²) < 4.78 is 0. The summed E-state index contributed by atoms with van der Waals surface area (Å²) in [6, 6.07) is 4.09. The highest BCUT2D eigenvalue weighted by Crippen LogP contribution is 2.53. The van der Waals surface area contributed by atoms with Crippen molar-refractivity contribution in [1.29, 1.82) is 0 Å². The number of aromatic hydroxyl groups is 1. The summed E-state index contributed by atoms with van der Waals surface area (Å²) in [5, 5.41) is 45.4. The summed E-state index contributed by atoms with van der Waals surface area (Å²) in [5.41, 5.74) is 3.45. The fraction of sp³-hybridized carbons (Fsp3) is 0.333. The number of rotatable bonds is 3. The van der Waals surface area contributed by atoms with Crippen molar-refractivity contribution in [2.45, 2.75) is 24.5 Å². The van der Waals surface area contributed by atoms with Gasteiger partial charge in [-0.15, -0.1) is 0 Å². The summed E-state index contributed by atoms with van der Waals surface area (Å²) in [4.78, 5) is 47.0. The summed E-state index contributed by atoms with van der Waals surface area (Å²) in [6.45, 7) is 0. The van der Waals surface area contributed by atoms with Crippen LogP contribution in [0.2, 0.25) is 0 Å². The van der Waals surface area contributed by atoms with E-state index in [1.165, 1.54) is 4.90 Å². The van der Waals surface area contributed by atoms with Gasteiger partial charge in [-0.3, -0.25) is 24.3 Å². The second-order valence-corrected chi connectivity index (χ2v) is 11.0. The average molecular weight is 559 g/mol. The lowest BCUT2D eigenvalue weighted by Gasteiger charge is -2.50.